The van der Waals surface area contributed by atoms with Gasteiger partial charge in [-0.2, -0.15) is 0 Å². The normalized spacial score (nSPS) is 20.6. The summed E-state index contributed by atoms with van der Waals surface area (Å²) in [4.78, 5) is 36.0. The monoisotopic (exact) mass is 636 g/mol. The first-order chi connectivity index (χ1) is 21.2. The Kier molecular flexibility index (Phi) is 10.8. The van der Waals surface area contributed by atoms with E-state index in [9.17, 15) is 14.7 Å². The SMILES string of the molecule is C=[P+](C)CC(NC(=O)c1cccc(C(=O)N2CCCC2c2nc(C)cs2)c1)C(O)C1CN(Cc2ccc(OC)cc2)CCN1. The molecule has 2 fully saturated rings. The highest BCUT2D eigenvalue weighted by atomic mass is 32.1. The van der Waals surface area contributed by atoms with Crippen LogP contribution in [0.1, 0.15) is 55.9 Å². The zero-order chi connectivity index (χ0) is 31.2. The van der Waals surface area contributed by atoms with Crippen LogP contribution in [0.15, 0.2) is 53.9 Å². The number of rotatable bonds is 11. The lowest BCUT2D eigenvalue weighted by molar-refractivity contribution is 0.0514. The number of methoxy groups -OCH3 is 1. The van der Waals surface area contributed by atoms with E-state index in [2.05, 4.69) is 38.9 Å². The van der Waals surface area contributed by atoms with Crippen molar-refractivity contribution in [3.63, 3.8) is 0 Å². The molecule has 234 valence electrons. The van der Waals surface area contributed by atoms with E-state index >= 15 is 0 Å². The topological polar surface area (TPSA) is 107 Å². The van der Waals surface area contributed by atoms with Crippen LogP contribution in [0.5, 0.6) is 5.75 Å². The number of thiazole rings is 1. The Morgan fingerprint density at radius 2 is 2.00 bits per heavy atom. The number of ether oxygens (including phenoxy) is 1. The number of carbonyl (C=O) groups excluding carboxylic acids is 2. The molecule has 3 N–H and O–H groups in total. The lowest BCUT2D eigenvalue weighted by atomic mass is 10.0. The highest BCUT2D eigenvalue weighted by Gasteiger charge is 2.35. The molecule has 0 radical (unpaired) electrons. The summed E-state index contributed by atoms with van der Waals surface area (Å²) >= 11 is 1.59. The summed E-state index contributed by atoms with van der Waals surface area (Å²) in [6.07, 6.45) is 5.78. The predicted molar refractivity (Wildman–Crippen MR) is 178 cm³/mol. The molecule has 0 aliphatic carbocycles. The second-order valence-corrected chi connectivity index (χ2v) is 14.8. The molecular formula is C33H43N5O4PS+. The zero-order valence-corrected chi connectivity index (χ0v) is 27.4. The largest absolute Gasteiger partial charge is 0.497 e. The van der Waals surface area contributed by atoms with Crippen molar-refractivity contribution in [3.05, 3.63) is 81.3 Å². The molecule has 2 aliphatic heterocycles. The number of aryl methyl sites for hydroxylation is 1. The molecule has 0 saturated carbocycles. The van der Waals surface area contributed by atoms with E-state index in [1.165, 1.54) is 5.56 Å². The predicted octanol–water partition coefficient (Wildman–Crippen LogP) is 3.91. The molecule has 3 heterocycles. The van der Waals surface area contributed by atoms with Crippen LogP contribution in [0.3, 0.4) is 0 Å². The molecule has 2 saturated heterocycles. The van der Waals surface area contributed by atoms with E-state index in [0.717, 1.165) is 48.9 Å². The standard InChI is InChI=1S/C33H42N5O4PS/c1-22-21-44-32(35-22)29-9-6-15-38(29)33(41)25-8-5-7-24(17-25)31(40)36-28(20-43(3)4)30(39)27-19-37(16-14-34-27)18-23-10-12-26(42-2)13-11-23/h5,7-8,10-13,17,21,27-30,34,39H,3,6,9,14-16,18-20H2,1-2,4H3/p+1. The van der Waals surface area contributed by atoms with Crippen LogP contribution in [0.2, 0.25) is 0 Å². The summed E-state index contributed by atoms with van der Waals surface area (Å²) in [6.45, 7) is 7.70. The molecule has 44 heavy (non-hydrogen) atoms. The van der Waals surface area contributed by atoms with Crippen molar-refractivity contribution in [2.45, 2.75) is 50.5 Å². The maximum absolute atomic E-state index is 13.6. The maximum Gasteiger partial charge on any atom is 0.254 e. The van der Waals surface area contributed by atoms with Gasteiger partial charge in [0.15, 0.2) is 0 Å². The number of piperazine rings is 1. The van der Waals surface area contributed by atoms with E-state index in [1.54, 1.807) is 42.7 Å². The summed E-state index contributed by atoms with van der Waals surface area (Å²) < 4.78 is 5.28. The van der Waals surface area contributed by atoms with E-state index < -0.39 is 19.7 Å². The number of benzene rings is 2. The number of nitrogens with zero attached hydrogens (tertiary/aromatic N) is 3. The number of aliphatic hydroxyl groups is 1. The van der Waals surface area contributed by atoms with Crippen molar-refractivity contribution in [2.75, 3.05) is 46.1 Å². The van der Waals surface area contributed by atoms with Gasteiger partial charge in [0.1, 0.15) is 16.9 Å². The Hall–Kier alpha value is -3.14. The Balaban J connectivity index is 1.25. The Morgan fingerprint density at radius 1 is 1.23 bits per heavy atom. The van der Waals surface area contributed by atoms with E-state index in [1.807, 2.05) is 36.0 Å². The number of aromatic nitrogens is 1. The van der Waals surface area contributed by atoms with Crippen molar-refractivity contribution < 1.29 is 19.4 Å². The third-order valence-corrected chi connectivity index (χ3v) is 10.4. The molecule has 0 bridgehead atoms. The fourth-order valence-electron chi connectivity index (χ4n) is 6.06. The molecule has 0 spiro atoms. The lowest BCUT2D eigenvalue weighted by Crippen LogP contribution is -2.61. The molecule has 2 amide bonds. The first-order valence-corrected chi connectivity index (χ1v) is 18.2. The molecule has 5 atom stereocenters. The minimum Gasteiger partial charge on any atom is -0.497 e. The zero-order valence-electron chi connectivity index (χ0n) is 25.7. The van der Waals surface area contributed by atoms with Gasteiger partial charge in [-0.05, 0) is 55.7 Å². The summed E-state index contributed by atoms with van der Waals surface area (Å²) in [7, 11) is 1.02. The molecule has 11 heteroatoms. The fourth-order valence-corrected chi connectivity index (χ4v) is 7.98. The van der Waals surface area contributed by atoms with Gasteiger partial charge in [-0.3, -0.25) is 14.5 Å². The van der Waals surface area contributed by atoms with Crippen molar-refractivity contribution in [1.82, 2.24) is 25.4 Å². The smallest absolute Gasteiger partial charge is 0.254 e. The first kappa shape index (κ1) is 32.3. The Morgan fingerprint density at radius 3 is 2.70 bits per heavy atom. The molecule has 3 aromatic rings. The minimum absolute atomic E-state index is 0.0358. The van der Waals surface area contributed by atoms with Crippen LogP contribution in [0, 0.1) is 6.92 Å². The van der Waals surface area contributed by atoms with Gasteiger partial charge in [0.05, 0.1) is 45.8 Å². The van der Waals surface area contributed by atoms with Crippen LogP contribution < -0.4 is 15.4 Å². The van der Waals surface area contributed by atoms with E-state index in [4.69, 9.17) is 4.74 Å². The van der Waals surface area contributed by atoms with Gasteiger partial charge in [0.25, 0.3) is 11.8 Å². The third-order valence-electron chi connectivity index (χ3n) is 8.31. The van der Waals surface area contributed by atoms with Crippen LogP contribution in [-0.2, 0) is 6.54 Å². The fraction of sp³-hybridized carbons (Fsp3) is 0.455. The second kappa shape index (κ2) is 14.8. The van der Waals surface area contributed by atoms with Crippen molar-refractivity contribution in [3.8, 4) is 5.75 Å². The number of carbonyl (C=O) groups is 2. The number of aliphatic hydroxyl groups excluding tert-OH is 1. The number of hydrogen-bond donors (Lipinski definition) is 3. The minimum atomic E-state index is -0.804. The average molecular weight is 637 g/mol. The molecule has 9 nitrogen and oxygen atoms in total. The average Bonchev–Trinajstić information content (AvgIpc) is 3.69. The van der Waals surface area contributed by atoms with Gasteiger partial charge in [-0.15, -0.1) is 11.3 Å². The quantitative estimate of drug-likeness (QED) is 0.274. The van der Waals surface area contributed by atoms with Crippen molar-refractivity contribution >= 4 is 37.0 Å². The van der Waals surface area contributed by atoms with Gasteiger partial charge >= 0.3 is 0 Å². The third kappa shape index (κ3) is 7.92. The van der Waals surface area contributed by atoms with E-state index in [0.29, 0.717) is 30.4 Å². The van der Waals surface area contributed by atoms with Crippen LogP contribution in [-0.4, -0.2) is 102 Å². The number of likely N-dealkylation sites (tertiary alicyclic amines) is 1. The van der Waals surface area contributed by atoms with Crippen LogP contribution in [0.25, 0.3) is 0 Å². The molecule has 2 aromatic carbocycles. The van der Waals surface area contributed by atoms with Gasteiger partial charge in [0, 0.05) is 61.0 Å². The molecular weight excluding hydrogens is 593 g/mol. The second-order valence-electron chi connectivity index (χ2n) is 11.8. The Labute approximate surface area is 265 Å². The summed E-state index contributed by atoms with van der Waals surface area (Å²) in [6, 6.07) is 14.2. The number of nitrogens with one attached hydrogen (secondary N) is 2. The molecule has 5 rings (SSSR count). The van der Waals surface area contributed by atoms with Gasteiger partial charge in [-0.1, -0.05) is 18.2 Å². The number of hydrogen-bond acceptors (Lipinski definition) is 8. The molecule has 2 aliphatic rings. The summed E-state index contributed by atoms with van der Waals surface area (Å²) in [5.41, 5.74) is 3.02. The molecule has 1 aromatic heterocycles. The van der Waals surface area contributed by atoms with Crippen molar-refractivity contribution in [1.29, 1.82) is 0 Å². The Bertz CT molecular complexity index is 1460. The number of amides is 2. The van der Waals surface area contributed by atoms with Gasteiger partial charge in [0.2, 0.25) is 0 Å². The maximum atomic E-state index is 13.6. The van der Waals surface area contributed by atoms with Crippen molar-refractivity contribution in [2.24, 2.45) is 0 Å². The highest BCUT2D eigenvalue weighted by molar-refractivity contribution is 7.55. The first-order valence-electron chi connectivity index (χ1n) is 15.1. The highest BCUT2D eigenvalue weighted by Crippen LogP contribution is 2.35. The lowest BCUT2D eigenvalue weighted by Gasteiger charge is -2.38. The van der Waals surface area contributed by atoms with Gasteiger partial charge < -0.3 is 25.4 Å². The summed E-state index contributed by atoms with van der Waals surface area (Å²) in [5, 5.41) is 21.1. The van der Waals surface area contributed by atoms with Gasteiger partial charge in [-0.25, -0.2) is 4.98 Å². The summed E-state index contributed by atoms with van der Waals surface area (Å²) in [5.74, 6) is 0.427. The molecule has 5 unspecified atom stereocenters. The van der Waals surface area contributed by atoms with E-state index in [-0.39, 0.29) is 23.9 Å². The van der Waals surface area contributed by atoms with Crippen LogP contribution in [0.4, 0.5) is 0 Å². The van der Waals surface area contributed by atoms with Crippen LogP contribution >= 0.6 is 18.9 Å².